The number of aryl methyl sites for hydroxylation is 1. The van der Waals surface area contributed by atoms with Gasteiger partial charge < -0.3 is 10.6 Å². The normalized spacial score (nSPS) is 14.8. The molecule has 0 aromatic heterocycles. The first kappa shape index (κ1) is 17.2. The zero-order chi connectivity index (χ0) is 15.1. The Bertz CT molecular complexity index is 370. The lowest BCUT2D eigenvalue weighted by molar-refractivity contribution is 0.216. The van der Waals surface area contributed by atoms with Gasteiger partial charge in [0.2, 0.25) is 0 Å². The average Bonchev–Trinajstić information content (AvgIpc) is 2.39. The highest BCUT2D eigenvalue weighted by atomic mass is 15.1. The van der Waals surface area contributed by atoms with Crippen molar-refractivity contribution in [1.82, 2.24) is 4.90 Å². The second-order valence-corrected chi connectivity index (χ2v) is 6.52. The molecule has 0 saturated heterocycles. The predicted molar refractivity (Wildman–Crippen MR) is 88.9 cm³/mol. The minimum absolute atomic E-state index is 0.102. The van der Waals surface area contributed by atoms with Crippen molar-refractivity contribution in [3.8, 4) is 0 Å². The Morgan fingerprint density at radius 3 is 2.20 bits per heavy atom. The van der Waals surface area contributed by atoms with E-state index in [9.17, 15) is 0 Å². The van der Waals surface area contributed by atoms with Crippen LogP contribution in [0.25, 0.3) is 0 Å². The third-order valence-corrected chi connectivity index (χ3v) is 4.00. The summed E-state index contributed by atoms with van der Waals surface area (Å²) in [4.78, 5) is 2.38. The van der Waals surface area contributed by atoms with E-state index in [1.165, 1.54) is 24.0 Å². The monoisotopic (exact) mass is 276 g/mol. The topological polar surface area (TPSA) is 29.3 Å². The summed E-state index contributed by atoms with van der Waals surface area (Å²) in [6, 6.07) is 9.50. The Morgan fingerprint density at radius 2 is 1.70 bits per heavy atom. The van der Waals surface area contributed by atoms with Gasteiger partial charge in [0.15, 0.2) is 0 Å². The largest absolute Gasteiger partial charge is 0.323 e. The third kappa shape index (κ3) is 5.64. The maximum absolute atomic E-state index is 6.35. The number of rotatable bonds is 8. The number of hydrogen-bond donors (Lipinski definition) is 1. The van der Waals surface area contributed by atoms with E-state index in [0.29, 0.717) is 6.04 Å². The number of nitrogens with zero attached hydrogens (tertiary/aromatic N) is 1. The highest BCUT2D eigenvalue weighted by Crippen LogP contribution is 2.16. The summed E-state index contributed by atoms with van der Waals surface area (Å²) in [6.07, 6.45) is 3.57. The first-order valence-corrected chi connectivity index (χ1v) is 7.98. The molecule has 0 aliphatic rings. The highest BCUT2D eigenvalue weighted by Gasteiger charge is 2.15. The molecule has 2 nitrogen and oxygen atoms in total. The molecule has 0 aliphatic heterocycles. The fourth-order valence-electron chi connectivity index (χ4n) is 2.68. The first-order chi connectivity index (χ1) is 9.43. The van der Waals surface area contributed by atoms with Crippen molar-refractivity contribution >= 4 is 0 Å². The molecule has 2 N–H and O–H groups in total. The van der Waals surface area contributed by atoms with Crippen LogP contribution in [0.15, 0.2) is 24.3 Å². The molecular formula is C18H32N2. The highest BCUT2D eigenvalue weighted by molar-refractivity contribution is 5.25. The first-order valence-electron chi connectivity index (χ1n) is 7.98. The van der Waals surface area contributed by atoms with Crippen LogP contribution in [-0.2, 0) is 6.42 Å². The van der Waals surface area contributed by atoms with E-state index in [4.69, 9.17) is 5.73 Å². The zero-order valence-electron chi connectivity index (χ0n) is 13.9. The molecule has 0 fully saturated rings. The van der Waals surface area contributed by atoms with Crippen LogP contribution < -0.4 is 5.73 Å². The van der Waals surface area contributed by atoms with E-state index in [1.54, 1.807) is 0 Å². The average molecular weight is 276 g/mol. The smallest absolute Gasteiger partial charge is 0.0424 e. The summed E-state index contributed by atoms with van der Waals surface area (Å²) in [7, 11) is 2.18. The summed E-state index contributed by atoms with van der Waals surface area (Å²) in [6.45, 7) is 9.97. The fraction of sp³-hybridized carbons (Fsp3) is 0.667. The predicted octanol–water partition coefficient (Wildman–Crippen LogP) is 4.01. The molecule has 1 rings (SSSR count). The van der Waals surface area contributed by atoms with Gasteiger partial charge in [-0.25, -0.2) is 0 Å². The van der Waals surface area contributed by atoms with E-state index in [0.717, 1.165) is 18.9 Å². The molecule has 2 heteroatoms. The van der Waals surface area contributed by atoms with Gasteiger partial charge in [0, 0.05) is 18.6 Å². The molecule has 0 heterocycles. The van der Waals surface area contributed by atoms with E-state index < -0.39 is 0 Å². The van der Waals surface area contributed by atoms with Gasteiger partial charge in [-0.3, -0.25) is 0 Å². The van der Waals surface area contributed by atoms with Gasteiger partial charge in [-0.1, -0.05) is 51.5 Å². The second kappa shape index (κ2) is 8.43. The third-order valence-electron chi connectivity index (χ3n) is 4.00. The Kier molecular flexibility index (Phi) is 7.25. The van der Waals surface area contributed by atoms with E-state index >= 15 is 0 Å². The Labute approximate surface area is 125 Å². The van der Waals surface area contributed by atoms with Crippen molar-refractivity contribution in [2.24, 2.45) is 11.7 Å². The Morgan fingerprint density at radius 1 is 1.10 bits per heavy atom. The van der Waals surface area contributed by atoms with Gasteiger partial charge in [-0.15, -0.1) is 0 Å². The summed E-state index contributed by atoms with van der Waals surface area (Å²) < 4.78 is 0. The summed E-state index contributed by atoms with van der Waals surface area (Å²) in [5.74, 6) is 0.733. The number of likely N-dealkylation sites (N-methyl/N-ethyl adjacent to an activating group) is 1. The fourth-order valence-corrected chi connectivity index (χ4v) is 2.68. The van der Waals surface area contributed by atoms with Gasteiger partial charge >= 0.3 is 0 Å². The lowest BCUT2D eigenvalue weighted by atomic mass is 10.0. The molecule has 0 saturated carbocycles. The van der Waals surface area contributed by atoms with E-state index in [2.05, 4.69) is 63.9 Å². The van der Waals surface area contributed by atoms with Crippen molar-refractivity contribution in [2.75, 3.05) is 13.6 Å². The minimum Gasteiger partial charge on any atom is -0.323 e. The number of hydrogen-bond acceptors (Lipinski definition) is 2. The minimum atomic E-state index is 0.102. The number of nitrogens with two attached hydrogens (primary N) is 1. The quantitative estimate of drug-likeness (QED) is 0.777. The van der Waals surface area contributed by atoms with E-state index in [-0.39, 0.29) is 6.04 Å². The van der Waals surface area contributed by atoms with Gasteiger partial charge in [0.1, 0.15) is 0 Å². The summed E-state index contributed by atoms with van der Waals surface area (Å²) >= 11 is 0. The van der Waals surface area contributed by atoms with Crippen LogP contribution in [-0.4, -0.2) is 24.5 Å². The van der Waals surface area contributed by atoms with Crippen molar-refractivity contribution in [1.29, 1.82) is 0 Å². The van der Waals surface area contributed by atoms with Crippen LogP contribution in [0.3, 0.4) is 0 Å². The van der Waals surface area contributed by atoms with Crippen molar-refractivity contribution < 1.29 is 0 Å². The molecule has 2 atom stereocenters. The van der Waals surface area contributed by atoms with E-state index in [1.807, 2.05) is 0 Å². The van der Waals surface area contributed by atoms with Crippen LogP contribution in [0, 0.1) is 5.92 Å². The molecule has 20 heavy (non-hydrogen) atoms. The zero-order valence-corrected chi connectivity index (χ0v) is 13.9. The van der Waals surface area contributed by atoms with Gasteiger partial charge in [-0.2, -0.15) is 0 Å². The molecule has 1 aromatic carbocycles. The second-order valence-electron chi connectivity index (χ2n) is 6.52. The molecule has 0 spiro atoms. The summed E-state index contributed by atoms with van der Waals surface area (Å²) in [5.41, 5.74) is 9.00. The van der Waals surface area contributed by atoms with Gasteiger partial charge in [0.25, 0.3) is 0 Å². The van der Waals surface area contributed by atoms with Crippen LogP contribution in [0.5, 0.6) is 0 Å². The molecule has 1 aromatic rings. The van der Waals surface area contributed by atoms with Crippen molar-refractivity contribution in [2.45, 2.75) is 59.0 Å². The van der Waals surface area contributed by atoms with Crippen LogP contribution in [0.2, 0.25) is 0 Å². The number of benzene rings is 1. The van der Waals surface area contributed by atoms with Crippen LogP contribution in [0.4, 0.5) is 0 Å². The standard InChI is InChI=1S/C18H32N2/c1-6-7-16-8-10-17(11-9-16)18(19)13-20(5)15(4)12-14(2)3/h8-11,14-15,18H,6-7,12-13,19H2,1-5H3. The lowest BCUT2D eigenvalue weighted by Gasteiger charge is -2.28. The molecule has 0 amide bonds. The van der Waals surface area contributed by atoms with Crippen LogP contribution >= 0.6 is 0 Å². The molecular weight excluding hydrogens is 244 g/mol. The van der Waals surface area contributed by atoms with Gasteiger partial charge in [-0.05, 0) is 43.9 Å². The molecule has 0 bridgehead atoms. The molecule has 0 radical (unpaired) electrons. The molecule has 114 valence electrons. The summed E-state index contributed by atoms with van der Waals surface area (Å²) in [5, 5.41) is 0. The lowest BCUT2D eigenvalue weighted by Crippen LogP contribution is -2.36. The Hall–Kier alpha value is -0.860. The maximum Gasteiger partial charge on any atom is 0.0424 e. The van der Waals surface area contributed by atoms with Crippen LogP contribution in [0.1, 0.15) is 57.7 Å². The Balaban J connectivity index is 2.54. The van der Waals surface area contributed by atoms with Crippen molar-refractivity contribution in [3.05, 3.63) is 35.4 Å². The molecule has 2 unspecified atom stereocenters. The maximum atomic E-state index is 6.35. The van der Waals surface area contributed by atoms with Crippen molar-refractivity contribution in [3.63, 3.8) is 0 Å². The molecule has 0 aliphatic carbocycles. The SMILES string of the molecule is CCCc1ccc(C(N)CN(C)C(C)CC(C)C)cc1. The van der Waals surface area contributed by atoms with Gasteiger partial charge in [0.05, 0.1) is 0 Å².